The van der Waals surface area contributed by atoms with Gasteiger partial charge in [-0.25, -0.2) is 0 Å². The Morgan fingerprint density at radius 1 is 0.893 bits per heavy atom. The molecule has 0 atom stereocenters. The molecule has 152 valence electrons. The van der Waals surface area contributed by atoms with E-state index in [0.717, 1.165) is 42.6 Å². The Morgan fingerprint density at radius 2 is 1.61 bits per heavy atom. The summed E-state index contributed by atoms with van der Waals surface area (Å²) in [4.78, 5) is 0. The molecule has 0 heterocycles. The van der Waals surface area contributed by atoms with Crippen molar-refractivity contribution in [1.29, 1.82) is 0 Å². The maximum absolute atomic E-state index is 5.69. The second-order valence-corrected chi connectivity index (χ2v) is 8.03. The third kappa shape index (κ3) is 9.32. The van der Waals surface area contributed by atoms with Gasteiger partial charge < -0.3 is 4.74 Å². The quantitative estimate of drug-likeness (QED) is 0.298. The number of allylic oxidation sites excluding steroid dienone is 3. The Hall–Kier alpha value is -1.94. The van der Waals surface area contributed by atoms with E-state index in [-0.39, 0.29) is 0 Å². The zero-order valence-corrected chi connectivity index (χ0v) is 18.0. The monoisotopic (exact) mass is 378 g/mol. The molecule has 0 saturated heterocycles. The van der Waals surface area contributed by atoms with E-state index in [0.29, 0.717) is 0 Å². The van der Waals surface area contributed by atoms with Crippen molar-refractivity contribution in [1.82, 2.24) is 0 Å². The fraction of sp³-hybridized carbons (Fsp3) is 0.556. The van der Waals surface area contributed by atoms with E-state index in [2.05, 4.69) is 56.0 Å². The molecule has 0 unspecified atom stereocenters. The maximum Gasteiger partial charge on any atom is 0.119 e. The number of benzene rings is 1. The molecule has 0 aromatic heterocycles. The summed E-state index contributed by atoms with van der Waals surface area (Å²) in [6.07, 6.45) is 21.7. The van der Waals surface area contributed by atoms with Crippen LogP contribution in [0.3, 0.4) is 0 Å². The van der Waals surface area contributed by atoms with Crippen molar-refractivity contribution in [3.8, 4) is 17.6 Å². The van der Waals surface area contributed by atoms with Crippen LogP contribution in [0.25, 0.3) is 6.08 Å². The van der Waals surface area contributed by atoms with Gasteiger partial charge in [-0.15, -0.1) is 0 Å². The smallest absolute Gasteiger partial charge is 0.119 e. The SMILES string of the molecule is CCCCCC1CCC(C=CC#CC=Cc2ccc(OCCCC)cc2)CC1. The van der Waals surface area contributed by atoms with Gasteiger partial charge in [0, 0.05) is 0 Å². The lowest BCUT2D eigenvalue weighted by molar-refractivity contribution is 0.289. The molecule has 1 fully saturated rings. The number of unbranched alkanes of at least 4 members (excludes halogenated alkanes) is 3. The van der Waals surface area contributed by atoms with Gasteiger partial charge >= 0.3 is 0 Å². The van der Waals surface area contributed by atoms with E-state index >= 15 is 0 Å². The molecule has 0 bridgehead atoms. The van der Waals surface area contributed by atoms with Crippen LogP contribution in [0.1, 0.15) is 83.6 Å². The minimum Gasteiger partial charge on any atom is -0.494 e. The molecule has 1 aliphatic rings. The average Bonchev–Trinajstić information content (AvgIpc) is 2.73. The highest BCUT2D eigenvalue weighted by atomic mass is 16.5. The third-order valence-electron chi connectivity index (χ3n) is 5.65. The van der Waals surface area contributed by atoms with Gasteiger partial charge in [-0.3, -0.25) is 0 Å². The molecule has 1 saturated carbocycles. The van der Waals surface area contributed by atoms with Crippen molar-refractivity contribution in [2.45, 2.75) is 78.1 Å². The van der Waals surface area contributed by atoms with Gasteiger partial charge in [-0.05, 0) is 79.9 Å². The summed E-state index contributed by atoms with van der Waals surface area (Å²) in [5.41, 5.74) is 1.16. The fourth-order valence-electron chi connectivity index (χ4n) is 3.78. The maximum atomic E-state index is 5.69. The molecule has 0 aliphatic heterocycles. The van der Waals surface area contributed by atoms with Crippen LogP contribution in [0, 0.1) is 23.7 Å². The van der Waals surface area contributed by atoms with E-state index in [1.54, 1.807) is 0 Å². The molecular weight excluding hydrogens is 340 g/mol. The highest BCUT2D eigenvalue weighted by Gasteiger charge is 2.18. The van der Waals surface area contributed by atoms with E-state index in [4.69, 9.17) is 4.74 Å². The van der Waals surface area contributed by atoms with Crippen LogP contribution in [0.5, 0.6) is 5.75 Å². The number of rotatable bonds is 10. The van der Waals surface area contributed by atoms with Crippen molar-refractivity contribution in [2.24, 2.45) is 11.8 Å². The third-order valence-corrected chi connectivity index (χ3v) is 5.65. The lowest BCUT2D eigenvalue weighted by Gasteiger charge is -2.26. The van der Waals surface area contributed by atoms with Gasteiger partial charge in [0.15, 0.2) is 0 Å². The lowest BCUT2D eigenvalue weighted by atomic mass is 9.79. The molecular formula is C27H38O. The first-order valence-electron chi connectivity index (χ1n) is 11.4. The summed E-state index contributed by atoms with van der Waals surface area (Å²) in [5, 5.41) is 0. The van der Waals surface area contributed by atoms with Gasteiger partial charge in [0.05, 0.1) is 6.61 Å². The van der Waals surface area contributed by atoms with Crippen LogP contribution in [0.15, 0.2) is 42.5 Å². The number of ether oxygens (including phenoxy) is 1. The first kappa shape index (κ1) is 22.4. The molecule has 1 nitrogen and oxygen atoms in total. The summed E-state index contributed by atoms with van der Waals surface area (Å²) < 4.78 is 5.69. The van der Waals surface area contributed by atoms with E-state index < -0.39 is 0 Å². The molecule has 1 aliphatic carbocycles. The van der Waals surface area contributed by atoms with Crippen molar-refractivity contribution in [3.05, 3.63) is 48.1 Å². The van der Waals surface area contributed by atoms with Crippen LogP contribution in [0.2, 0.25) is 0 Å². The average molecular weight is 379 g/mol. The molecule has 0 amide bonds. The van der Waals surface area contributed by atoms with Crippen molar-refractivity contribution in [3.63, 3.8) is 0 Å². The topological polar surface area (TPSA) is 9.23 Å². The van der Waals surface area contributed by atoms with Gasteiger partial charge in [0.1, 0.15) is 5.75 Å². The standard InChI is InChI=1S/C27H38O/c1-3-5-9-12-24-15-17-25(18-16-24)13-10-7-8-11-14-26-19-21-27(22-20-26)28-23-6-4-2/h10-11,13-14,19-22,24-25H,3-6,9,12,15-18,23H2,1-2H3. The normalized spacial score (nSPS) is 19.6. The van der Waals surface area contributed by atoms with Crippen molar-refractivity contribution >= 4 is 6.08 Å². The zero-order valence-electron chi connectivity index (χ0n) is 18.0. The van der Waals surface area contributed by atoms with Gasteiger partial charge in [-0.1, -0.05) is 76.0 Å². The van der Waals surface area contributed by atoms with Gasteiger partial charge in [0.25, 0.3) is 0 Å². The minimum atomic E-state index is 0.737. The van der Waals surface area contributed by atoms with Crippen molar-refractivity contribution < 1.29 is 4.74 Å². The molecule has 28 heavy (non-hydrogen) atoms. The Balaban J connectivity index is 1.66. The van der Waals surface area contributed by atoms with Gasteiger partial charge in [0.2, 0.25) is 0 Å². The first-order valence-corrected chi connectivity index (χ1v) is 11.4. The Kier molecular flexibility index (Phi) is 11.3. The predicted octanol–water partition coefficient (Wildman–Crippen LogP) is 7.83. The van der Waals surface area contributed by atoms with E-state index in [9.17, 15) is 0 Å². The van der Waals surface area contributed by atoms with Crippen LogP contribution >= 0.6 is 0 Å². The molecule has 1 aromatic carbocycles. The summed E-state index contributed by atoms with van der Waals surface area (Å²) in [6.45, 7) is 5.26. The van der Waals surface area contributed by atoms with E-state index in [1.807, 2.05) is 18.2 Å². The Bertz CT molecular complexity index is 633. The van der Waals surface area contributed by atoms with Crippen LogP contribution in [-0.4, -0.2) is 6.61 Å². The van der Waals surface area contributed by atoms with Crippen LogP contribution in [-0.2, 0) is 0 Å². The molecule has 0 spiro atoms. The van der Waals surface area contributed by atoms with E-state index in [1.165, 1.54) is 51.4 Å². The summed E-state index contributed by atoms with van der Waals surface area (Å²) >= 11 is 0. The lowest BCUT2D eigenvalue weighted by Crippen LogP contribution is -2.12. The summed E-state index contributed by atoms with van der Waals surface area (Å²) in [5.74, 6) is 8.95. The molecule has 2 rings (SSSR count). The van der Waals surface area contributed by atoms with Crippen LogP contribution in [0.4, 0.5) is 0 Å². The van der Waals surface area contributed by atoms with Crippen LogP contribution < -0.4 is 4.74 Å². The first-order chi connectivity index (χ1) is 13.8. The molecule has 1 heteroatoms. The fourth-order valence-corrected chi connectivity index (χ4v) is 3.78. The minimum absolute atomic E-state index is 0.737. The predicted molar refractivity (Wildman–Crippen MR) is 122 cm³/mol. The highest BCUT2D eigenvalue weighted by molar-refractivity contribution is 5.54. The molecule has 1 aromatic rings. The second-order valence-electron chi connectivity index (χ2n) is 8.03. The number of hydrogen-bond acceptors (Lipinski definition) is 1. The molecule has 0 N–H and O–H groups in total. The largest absolute Gasteiger partial charge is 0.494 e. The number of hydrogen-bond donors (Lipinski definition) is 0. The highest BCUT2D eigenvalue weighted by Crippen LogP contribution is 2.32. The Labute approximate surface area is 173 Å². The van der Waals surface area contributed by atoms with Gasteiger partial charge in [-0.2, -0.15) is 0 Å². The zero-order chi connectivity index (χ0) is 19.9. The second kappa shape index (κ2) is 14.1. The Morgan fingerprint density at radius 3 is 2.32 bits per heavy atom. The molecule has 0 radical (unpaired) electrons. The summed E-state index contributed by atoms with van der Waals surface area (Å²) in [7, 11) is 0. The summed E-state index contributed by atoms with van der Waals surface area (Å²) in [6, 6.07) is 8.21. The van der Waals surface area contributed by atoms with Crippen molar-refractivity contribution in [2.75, 3.05) is 6.61 Å².